The Morgan fingerprint density at radius 3 is 2.61 bits per heavy atom. The first-order valence-corrected chi connectivity index (χ1v) is 9.67. The van der Waals surface area contributed by atoms with Crippen LogP contribution in [0, 0.1) is 5.41 Å². The zero-order valence-electron chi connectivity index (χ0n) is 15.1. The Hall–Kier alpha value is -3.32. The number of benzene rings is 2. The Labute approximate surface area is 165 Å². The molecule has 0 saturated carbocycles. The number of carbonyl (C=O) groups is 1. The first-order valence-electron chi connectivity index (χ1n) is 8.79. The second kappa shape index (κ2) is 6.10. The molecule has 1 atom stereocenters. The van der Waals surface area contributed by atoms with E-state index < -0.39 is 5.54 Å². The molecule has 1 unspecified atom stereocenters. The van der Waals surface area contributed by atoms with Crippen molar-refractivity contribution in [2.45, 2.75) is 5.54 Å². The summed E-state index contributed by atoms with van der Waals surface area (Å²) in [6, 6.07) is 17.4. The molecule has 140 valence electrons. The first-order chi connectivity index (χ1) is 13.6. The van der Waals surface area contributed by atoms with Crippen molar-refractivity contribution in [1.29, 1.82) is 5.41 Å². The van der Waals surface area contributed by atoms with Crippen LogP contribution in [0.1, 0.15) is 10.4 Å². The van der Waals surface area contributed by atoms with Crippen LogP contribution in [0.3, 0.4) is 0 Å². The van der Waals surface area contributed by atoms with Gasteiger partial charge in [-0.05, 0) is 40.3 Å². The van der Waals surface area contributed by atoms with E-state index in [0.29, 0.717) is 0 Å². The minimum absolute atomic E-state index is 0.0897. The molecule has 0 spiro atoms. The molecule has 2 aliphatic rings. The van der Waals surface area contributed by atoms with Crippen LogP contribution in [0.4, 0.5) is 0 Å². The van der Waals surface area contributed by atoms with Gasteiger partial charge in [0.1, 0.15) is 0 Å². The zero-order valence-corrected chi connectivity index (χ0v) is 15.9. The third kappa shape index (κ3) is 2.33. The van der Waals surface area contributed by atoms with Gasteiger partial charge in [0, 0.05) is 11.9 Å². The van der Waals surface area contributed by atoms with E-state index in [9.17, 15) is 4.79 Å². The number of rotatable bonds is 3. The fourth-order valence-electron chi connectivity index (χ4n) is 3.62. The summed E-state index contributed by atoms with van der Waals surface area (Å²) in [4.78, 5) is 15.4. The lowest BCUT2D eigenvalue weighted by Crippen LogP contribution is -2.44. The molecule has 2 aromatic carbocycles. The van der Waals surface area contributed by atoms with Crippen LogP contribution in [-0.4, -0.2) is 30.6 Å². The summed E-state index contributed by atoms with van der Waals surface area (Å²) in [6.45, 7) is 0.234. The van der Waals surface area contributed by atoms with Crippen LogP contribution >= 0.6 is 11.3 Å². The molecule has 6 nitrogen and oxygen atoms in total. The number of thiophene rings is 1. The largest absolute Gasteiger partial charge is 0.454 e. The molecule has 1 amide bonds. The summed E-state index contributed by atoms with van der Waals surface area (Å²) in [5.74, 6) is 1.39. The number of nitrogens with zero attached hydrogens (tertiary/aromatic N) is 1. The van der Waals surface area contributed by atoms with Gasteiger partial charge in [0.2, 0.25) is 6.79 Å². The molecule has 0 bridgehead atoms. The Morgan fingerprint density at radius 1 is 1.07 bits per heavy atom. The van der Waals surface area contributed by atoms with Crippen LogP contribution in [-0.2, 0) is 10.3 Å². The molecule has 1 saturated heterocycles. The lowest BCUT2D eigenvalue weighted by molar-refractivity contribution is -0.129. The van der Waals surface area contributed by atoms with Gasteiger partial charge in [-0.3, -0.25) is 15.1 Å². The van der Waals surface area contributed by atoms with E-state index in [2.05, 4.69) is 5.32 Å². The summed E-state index contributed by atoms with van der Waals surface area (Å²) < 4.78 is 10.9. The Bertz CT molecular complexity index is 1100. The van der Waals surface area contributed by atoms with E-state index >= 15 is 0 Å². The number of guanidine groups is 1. The molecule has 3 heterocycles. The summed E-state index contributed by atoms with van der Waals surface area (Å²) in [5, 5.41) is 13.3. The molecule has 0 radical (unpaired) electrons. The molecule has 2 aliphatic heterocycles. The van der Waals surface area contributed by atoms with Crippen LogP contribution < -0.4 is 14.8 Å². The number of ether oxygens (including phenoxy) is 2. The number of carbonyl (C=O) groups excluding carboxylic acids is 1. The van der Waals surface area contributed by atoms with E-state index in [0.717, 1.165) is 33.1 Å². The fourth-order valence-corrected chi connectivity index (χ4v) is 4.71. The van der Waals surface area contributed by atoms with Crippen LogP contribution in [0.2, 0.25) is 0 Å². The van der Waals surface area contributed by atoms with Gasteiger partial charge in [-0.25, -0.2) is 0 Å². The normalized spacial score (nSPS) is 20.5. The van der Waals surface area contributed by atoms with Crippen molar-refractivity contribution >= 4 is 23.2 Å². The molecular formula is C21H17N3O3S. The zero-order chi connectivity index (χ0) is 19.3. The van der Waals surface area contributed by atoms with Gasteiger partial charge < -0.3 is 14.8 Å². The molecule has 3 aromatic rings. The molecule has 5 rings (SSSR count). The van der Waals surface area contributed by atoms with Crippen molar-refractivity contribution in [1.82, 2.24) is 10.2 Å². The molecule has 7 heteroatoms. The summed E-state index contributed by atoms with van der Waals surface area (Å²) in [7, 11) is 1.62. The third-order valence-electron chi connectivity index (χ3n) is 5.15. The molecular weight excluding hydrogens is 374 g/mol. The maximum absolute atomic E-state index is 13.2. The third-order valence-corrected chi connectivity index (χ3v) is 6.20. The minimum Gasteiger partial charge on any atom is -0.454 e. The van der Waals surface area contributed by atoms with Crippen molar-refractivity contribution in [2.24, 2.45) is 0 Å². The number of hydrogen-bond donors (Lipinski definition) is 2. The van der Waals surface area contributed by atoms with Gasteiger partial charge in [0.05, 0.1) is 0 Å². The van der Waals surface area contributed by atoms with Gasteiger partial charge in [-0.2, -0.15) is 0 Å². The predicted octanol–water partition coefficient (Wildman–Crippen LogP) is 3.38. The van der Waals surface area contributed by atoms with Gasteiger partial charge in [-0.1, -0.05) is 36.4 Å². The predicted molar refractivity (Wildman–Crippen MR) is 107 cm³/mol. The second-order valence-electron chi connectivity index (χ2n) is 6.72. The average Bonchev–Trinajstić information content (AvgIpc) is 3.44. The van der Waals surface area contributed by atoms with Gasteiger partial charge in [0.15, 0.2) is 23.0 Å². The maximum atomic E-state index is 13.2. The molecule has 1 fully saturated rings. The van der Waals surface area contributed by atoms with Crippen LogP contribution in [0.15, 0.2) is 60.0 Å². The first kappa shape index (κ1) is 16.8. The fraction of sp³-hybridized carbons (Fsp3) is 0.143. The van der Waals surface area contributed by atoms with Crippen LogP contribution in [0.25, 0.3) is 11.1 Å². The molecule has 2 N–H and O–H groups in total. The van der Waals surface area contributed by atoms with E-state index in [4.69, 9.17) is 14.9 Å². The number of likely N-dealkylation sites (N-methyl/N-ethyl adjacent to an activating group) is 1. The quantitative estimate of drug-likeness (QED) is 0.718. The lowest BCUT2D eigenvalue weighted by atomic mass is 9.87. The van der Waals surface area contributed by atoms with Gasteiger partial charge in [-0.15, -0.1) is 11.3 Å². The second-order valence-corrected chi connectivity index (χ2v) is 7.63. The SMILES string of the molecule is CN1C(=N)NC(c2ccccc2)(c2cc(-c3ccc4c(c3)OCO4)cs2)C1=O. The highest BCUT2D eigenvalue weighted by Crippen LogP contribution is 2.42. The van der Waals surface area contributed by atoms with Gasteiger partial charge in [0.25, 0.3) is 5.91 Å². The van der Waals surface area contributed by atoms with Crippen molar-refractivity contribution < 1.29 is 14.3 Å². The summed E-state index contributed by atoms with van der Waals surface area (Å²) in [6.07, 6.45) is 0. The highest BCUT2D eigenvalue weighted by molar-refractivity contribution is 7.10. The van der Waals surface area contributed by atoms with Gasteiger partial charge >= 0.3 is 0 Å². The number of amides is 1. The number of fused-ring (bicyclic) bond motifs is 1. The highest BCUT2D eigenvalue weighted by atomic mass is 32.1. The number of nitrogens with one attached hydrogen (secondary N) is 2. The number of hydrogen-bond acceptors (Lipinski definition) is 5. The Morgan fingerprint density at radius 2 is 1.86 bits per heavy atom. The minimum atomic E-state index is -1.09. The molecule has 1 aromatic heterocycles. The van der Waals surface area contributed by atoms with E-state index in [1.165, 1.54) is 16.2 Å². The lowest BCUT2D eigenvalue weighted by Gasteiger charge is -2.26. The topological polar surface area (TPSA) is 74.7 Å². The standard InChI is InChI=1S/C21H17N3O3S/c1-24-19(25)21(23-20(24)22,15-5-3-2-4-6-15)18-10-14(11-28-18)13-7-8-16-17(9-13)27-12-26-16/h2-11H,12H2,1H3,(H2,22,23). The highest BCUT2D eigenvalue weighted by Gasteiger charge is 2.51. The van der Waals surface area contributed by atoms with Crippen LogP contribution in [0.5, 0.6) is 11.5 Å². The smallest absolute Gasteiger partial charge is 0.265 e. The maximum Gasteiger partial charge on any atom is 0.265 e. The average molecular weight is 391 g/mol. The Balaban J connectivity index is 1.62. The van der Waals surface area contributed by atoms with E-state index in [1.807, 2.05) is 60.0 Å². The van der Waals surface area contributed by atoms with E-state index in [-0.39, 0.29) is 18.7 Å². The van der Waals surface area contributed by atoms with Crippen molar-refractivity contribution in [3.63, 3.8) is 0 Å². The van der Waals surface area contributed by atoms with Crippen molar-refractivity contribution in [2.75, 3.05) is 13.8 Å². The summed E-state index contributed by atoms with van der Waals surface area (Å²) >= 11 is 1.50. The molecule has 28 heavy (non-hydrogen) atoms. The van der Waals surface area contributed by atoms with Crippen molar-refractivity contribution in [3.05, 3.63) is 70.4 Å². The van der Waals surface area contributed by atoms with Crippen molar-refractivity contribution in [3.8, 4) is 22.6 Å². The monoisotopic (exact) mass is 391 g/mol. The van der Waals surface area contributed by atoms with E-state index in [1.54, 1.807) is 7.05 Å². The summed E-state index contributed by atoms with van der Waals surface area (Å²) in [5.41, 5.74) is 1.70. The molecule has 0 aliphatic carbocycles. The Kier molecular flexibility index (Phi) is 3.67.